The van der Waals surface area contributed by atoms with Crippen LogP contribution < -0.4 is 10.6 Å². The van der Waals surface area contributed by atoms with Crippen molar-refractivity contribution in [1.29, 1.82) is 0 Å². The second kappa shape index (κ2) is 17.3. The van der Waals surface area contributed by atoms with E-state index in [2.05, 4.69) is 41.0 Å². The molecule has 10 nitrogen and oxygen atoms in total. The van der Waals surface area contributed by atoms with E-state index in [1.165, 1.54) is 32.7 Å². The van der Waals surface area contributed by atoms with E-state index in [1.54, 1.807) is 41.5 Å². The topological polar surface area (TPSA) is 129 Å². The summed E-state index contributed by atoms with van der Waals surface area (Å²) >= 11 is 0. The maximum Gasteiger partial charge on any atom is 0.407 e. The van der Waals surface area contributed by atoms with Crippen LogP contribution in [0.5, 0.6) is 0 Å². The summed E-state index contributed by atoms with van der Waals surface area (Å²) in [5, 5.41) is 5.43. The molecule has 0 heterocycles. The molecule has 3 aliphatic carbocycles. The number of carbonyl (C=O) groups is 4. The molecule has 0 saturated heterocycles. The number of hydrogen-bond acceptors (Lipinski definition) is 10. The summed E-state index contributed by atoms with van der Waals surface area (Å²) in [6.07, 6.45) is 1.98. The van der Waals surface area contributed by atoms with Crippen LogP contribution in [0.15, 0.2) is 72.8 Å². The van der Waals surface area contributed by atoms with Gasteiger partial charge in [0, 0.05) is 23.3 Å². The Morgan fingerprint density at radius 3 is 1.60 bits per heavy atom. The van der Waals surface area contributed by atoms with Crippen LogP contribution in [0.1, 0.15) is 101 Å². The third-order valence-corrected chi connectivity index (χ3v) is 12.6. The van der Waals surface area contributed by atoms with Crippen molar-refractivity contribution in [2.24, 2.45) is 5.92 Å². The quantitative estimate of drug-likeness (QED) is 0.0751. The molecule has 0 aromatic heterocycles. The highest BCUT2D eigenvalue weighted by Gasteiger charge is 2.43. The molecule has 6 rings (SSSR count). The van der Waals surface area contributed by atoms with E-state index in [0.717, 1.165) is 41.5 Å². The second-order valence-corrected chi connectivity index (χ2v) is 18.9. The maximum atomic E-state index is 13.3. The summed E-state index contributed by atoms with van der Waals surface area (Å²) in [4.78, 5) is 52.9. The van der Waals surface area contributed by atoms with Crippen LogP contribution in [0.25, 0.3) is 11.1 Å². The van der Waals surface area contributed by atoms with E-state index in [9.17, 15) is 19.2 Å². The van der Waals surface area contributed by atoms with Crippen LogP contribution in [0.4, 0.5) is 9.59 Å². The minimum Gasteiger partial charge on any atom is -0.458 e. The molecule has 12 heteroatoms. The molecule has 0 unspecified atom stereocenters. The predicted octanol–water partition coefficient (Wildman–Crippen LogP) is 8.73. The highest BCUT2D eigenvalue weighted by molar-refractivity contribution is 8.76. The number of nitrogens with one attached hydrogen (secondary N) is 2. The van der Waals surface area contributed by atoms with Gasteiger partial charge in [-0.05, 0) is 99.6 Å². The number of alkyl carbamates (subject to hydrolysis) is 2. The molecular weight excluding hydrogens is 737 g/mol. The number of hydrogen-bond donors (Lipinski definition) is 2. The lowest BCUT2D eigenvalue weighted by atomic mass is 9.90. The Labute approximate surface area is 331 Å². The lowest BCUT2D eigenvalue weighted by Crippen LogP contribution is -2.46. The summed E-state index contributed by atoms with van der Waals surface area (Å²) in [6, 6.07) is 22.5. The fourth-order valence-electron chi connectivity index (χ4n) is 7.93. The van der Waals surface area contributed by atoms with Gasteiger partial charge in [0.2, 0.25) is 0 Å². The number of amides is 2. The summed E-state index contributed by atoms with van der Waals surface area (Å²) in [7, 11) is 2.51. The van der Waals surface area contributed by atoms with Crippen LogP contribution in [-0.4, -0.2) is 72.1 Å². The molecule has 2 amide bonds. The average molecular weight is 789 g/mol. The Kier molecular flexibility index (Phi) is 12.8. The Hall–Kier alpha value is -4.16. The Bertz CT molecular complexity index is 1830. The van der Waals surface area contributed by atoms with E-state index >= 15 is 0 Å². The largest absolute Gasteiger partial charge is 0.458 e. The number of fused-ring (bicyclic) bond motifs is 6. The molecule has 5 atom stereocenters. The first kappa shape index (κ1) is 40.5. The van der Waals surface area contributed by atoms with E-state index in [1.807, 2.05) is 42.5 Å². The van der Waals surface area contributed by atoms with Crippen LogP contribution >= 0.6 is 21.6 Å². The summed E-state index contributed by atoms with van der Waals surface area (Å²) in [5.74, 6) is -0.0553. The van der Waals surface area contributed by atoms with Crippen molar-refractivity contribution in [3.63, 3.8) is 0 Å². The minimum absolute atomic E-state index is 0.0939. The van der Waals surface area contributed by atoms with E-state index in [4.69, 9.17) is 18.9 Å². The van der Waals surface area contributed by atoms with Crippen molar-refractivity contribution in [1.82, 2.24) is 10.6 Å². The van der Waals surface area contributed by atoms with Gasteiger partial charge >= 0.3 is 24.1 Å². The first-order valence-electron chi connectivity index (χ1n) is 19.0. The molecule has 3 aromatic rings. The molecule has 55 heavy (non-hydrogen) atoms. The van der Waals surface area contributed by atoms with Gasteiger partial charge in [0.05, 0.1) is 0 Å². The van der Waals surface area contributed by atoms with Gasteiger partial charge in [-0.3, -0.25) is 0 Å². The SMILES string of the molecule is CC(C)(C)OC(=O)[C@H](CSSC[C@H](NC(=O)OC[C@@H]1c2ccccc2[C@H]2CCC[C@H]21)C(=O)OC(C)(C)C)NC(=O)OCC1c2ccccc2-c2ccccc21. The van der Waals surface area contributed by atoms with E-state index in [0.29, 0.717) is 11.8 Å². The molecular formula is C43H52N2O8S2. The van der Waals surface area contributed by atoms with Crippen LogP contribution in [0.2, 0.25) is 0 Å². The lowest BCUT2D eigenvalue weighted by Gasteiger charge is -2.25. The molecule has 0 bridgehead atoms. The normalized spacial score (nSPS) is 19.6. The fraction of sp³-hybridized carbons (Fsp3) is 0.488. The van der Waals surface area contributed by atoms with Gasteiger partial charge in [0.15, 0.2) is 0 Å². The fourth-order valence-corrected chi connectivity index (χ4v) is 10.2. The zero-order valence-corrected chi connectivity index (χ0v) is 34.1. The Morgan fingerprint density at radius 1 is 0.636 bits per heavy atom. The van der Waals surface area contributed by atoms with Gasteiger partial charge in [-0.2, -0.15) is 0 Å². The molecule has 3 aromatic carbocycles. The first-order chi connectivity index (χ1) is 26.2. The van der Waals surface area contributed by atoms with Gasteiger partial charge in [0.25, 0.3) is 0 Å². The number of benzene rings is 3. The summed E-state index contributed by atoms with van der Waals surface area (Å²) < 4.78 is 22.8. The molecule has 0 aliphatic heterocycles. The van der Waals surface area contributed by atoms with Gasteiger partial charge < -0.3 is 29.6 Å². The van der Waals surface area contributed by atoms with Gasteiger partial charge in [0.1, 0.15) is 36.5 Å². The molecule has 0 spiro atoms. The number of ether oxygens (including phenoxy) is 4. The van der Waals surface area contributed by atoms with Crippen molar-refractivity contribution >= 4 is 45.7 Å². The highest BCUT2D eigenvalue weighted by Crippen LogP contribution is 2.54. The number of esters is 2. The standard InChI is InChI=1S/C43H52N2O8S2/c1-42(2,3)52-38(46)36(44-40(48)50-22-34-30-17-10-7-14-26(30)27-15-8-11-18-31(27)34)24-54-55-25-37(39(47)53-43(4,5)6)45-41(49)51-23-35-32-19-12-9-16-28(32)29-20-13-21-33(29)35/h7-12,14-19,29,33-37H,13,20-25H2,1-6H3,(H,44,48)(H,45,49)/t29-,33-,35-,36+,37+/m1/s1. The number of carbonyl (C=O) groups excluding carboxylic acids is 4. The van der Waals surface area contributed by atoms with Crippen molar-refractivity contribution in [3.8, 4) is 11.1 Å². The smallest absolute Gasteiger partial charge is 0.407 e. The lowest BCUT2D eigenvalue weighted by molar-refractivity contribution is -0.157. The third kappa shape index (κ3) is 10.2. The Balaban J connectivity index is 1.04. The van der Waals surface area contributed by atoms with Crippen molar-refractivity contribution < 1.29 is 38.1 Å². The monoisotopic (exact) mass is 788 g/mol. The molecule has 2 N–H and O–H groups in total. The number of rotatable bonds is 13. The van der Waals surface area contributed by atoms with Crippen molar-refractivity contribution in [3.05, 3.63) is 95.1 Å². The summed E-state index contributed by atoms with van der Waals surface area (Å²) in [6.45, 7) is 10.9. The van der Waals surface area contributed by atoms with Gasteiger partial charge in [-0.15, -0.1) is 0 Å². The average Bonchev–Trinajstić information content (AvgIpc) is 3.81. The molecule has 1 saturated carbocycles. The first-order valence-corrected chi connectivity index (χ1v) is 21.5. The van der Waals surface area contributed by atoms with Crippen LogP contribution in [0.3, 0.4) is 0 Å². The van der Waals surface area contributed by atoms with Crippen LogP contribution in [0, 0.1) is 5.92 Å². The molecule has 0 radical (unpaired) electrons. The van der Waals surface area contributed by atoms with E-state index < -0.39 is 47.4 Å². The minimum atomic E-state index is -1.04. The van der Waals surface area contributed by atoms with E-state index in [-0.39, 0.29) is 36.6 Å². The zero-order valence-electron chi connectivity index (χ0n) is 32.4. The third-order valence-electron chi connectivity index (χ3n) is 10.1. The van der Waals surface area contributed by atoms with Crippen LogP contribution in [-0.2, 0) is 28.5 Å². The van der Waals surface area contributed by atoms with Crippen molar-refractivity contribution in [2.45, 2.75) is 102 Å². The molecule has 3 aliphatic rings. The molecule has 294 valence electrons. The second-order valence-electron chi connectivity index (χ2n) is 16.4. The zero-order chi connectivity index (χ0) is 39.3. The summed E-state index contributed by atoms with van der Waals surface area (Å²) in [5.41, 5.74) is 5.41. The van der Waals surface area contributed by atoms with Gasteiger partial charge in [-0.25, -0.2) is 19.2 Å². The van der Waals surface area contributed by atoms with Gasteiger partial charge in [-0.1, -0.05) is 101 Å². The highest BCUT2D eigenvalue weighted by atomic mass is 33.1. The van der Waals surface area contributed by atoms with Crippen molar-refractivity contribution in [2.75, 3.05) is 24.7 Å². The maximum absolute atomic E-state index is 13.3. The predicted molar refractivity (Wildman–Crippen MR) is 216 cm³/mol. The molecule has 1 fully saturated rings. The Morgan fingerprint density at radius 2 is 1.09 bits per heavy atom.